The number of hydrogen-bond acceptors (Lipinski definition) is 6. The van der Waals surface area contributed by atoms with Gasteiger partial charge in [0.05, 0.1) is 23.1 Å². The number of carbonyl (C=O) groups excluding carboxylic acids is 1. The number of methoxy groups -OCH3 is 1. The second-order valence-electron chi connectivity index (χ2n) is 7.76. The summed E-state index contributed by atoms with van der Waals surface area (Å²) in [5.41, 5.74) is 1.63. The highest BCUT2D eigenvalue weighted by molar-refractivity contribution is 7.18. The number of amides is 1. The molecule has 2 heterocycles. The molecule has 2 atom stereocenters. The van der Waals surface area contributed by atoms with Crippen molar-refractivity contribution in [1.82, 2.24) is 15.3 Å². The number of halogens is 2. The topological polar surface area (TPSA) is 84.3 Å². The molecular weight excluding hydrogens is 472 g/mol. The summed E-state index contributed by atoms with van der Waals surface area (Å²) in [4.78, 5) is 22.4. The fourth-order valence-corrected chi connectivity index (χ4v) is 4.69. The number of nitrogens with one attached hydrogen (secondary N) is 1. The Balaban J connectivity index is 1.64. The quantitative estimate of drug-likeness (QED) is 0.357. The van der Waals surface area contributed by atoms with E-state index in [0.717, 1.165) is 0 Å². The summed E-state index contributed by atoms with van der Waals surface area (Å²) in [5, 5.41) is 13.2. The molecule has 0 aliphatic rings. The van der Waals surface area contributed by atoms with Gasteiger partial charge in [0.25, 0.3) is 5.91 Å². The molecule has 0 saturated heterocycles. The molecule has 35 heavy (non-hydrogen) atoms. The van der Waals surface area contributed by atoms with E-state index in [1.54, 1.807) is 24.4 Å². The molecule has 0 aliphatic heterocycles. The number of rotatable bonds is 9. The van der Waals surface area contributed by atoms with Crippen LogP contribution in [0.15, 0.2) is 73.1 Å². The molecule has 2 aromatic carbocycles. The summed E-state index contributed by atoms with van der Waals surface area (Å²) in [6, 6.07) is 14.9. The Kier molecular flexibility index (Phi) is 7.91. The molecule has 9 heteroatoms. The summed E-state index contributed by atoms with van der Waals surface area (Å²) >= 11 is 1.20. The Labute approximate surface area is 205 Å². The molecule has 6 nitrogen and oxygen atoms in total. The number of thiazole rings is 1. The highest BCUT2D eigenvalue weighted by Crippen LogP contribution is 2.35. The first-order chi connectivity index (χ1) is 17.0. The molecule has 4 aromatic rings. The fraction of sp³-hybridized carbons (Fsp3) is 0.192. The lowest BCUT2D eigenvalue weighted by Crippen LogP contribution is -2.47. The van der Waals surface area contributed by atoms with Crippen LogP contribution in [0.3, 0.4) is 0 Å². The normalized spacial score (nSPS) is 12.8. The first-order valence-electron chi connectivity index (χ1n) is 10.8. The van der Waals surface area contributed by atoms with E-state index in [1.165, 1.54) is 55.0 Å². The first kappa shape index (κ1) is 24.6. The number of ether oxygens (including phenoxy) is 1. The lowest BCUT2D eigenvalue weighted by molar-refractivity contribution is 0.0214. The van der Waals surface area contributed by atoms with Gasteiger partial charge in [-0.25, -0.2) is 13.8 Å². The average Bonchev–Trinajstić information content (AvgIpc) is 3.35. The van der Waals surface area contributed by atoms with Gasteiger partial charge in [-0.3, -0.25) is 9.78 Å². The molecule has 2 N–H and O–H groups in total. The van der Waals surface area contributed by atoms with E-state index >= 15 is 4.39 Å². The lowest BCUT2D eigenvalue weighted by Gasteiger charge is -2.26. The summed E-state index contributed by atoms with van der Waals surface area (Å²) < 4.78 is 33.7. The number of aliphatic hydroxyl groups is 1. The van der Waals surface area contributed by atoms with Crippen molar-refractivity contribution in [3.8, 4) is 21.0 Å². The second-order valence-corrected chi connectivity index (χ2v) is 8.79. The maximum absolute atomic E-state index is 15.0. The molecule has 0 unspecified atom stereocenters. The number of carbonyl (C=O) groups is 1. The number of nitrogens with zero attached hydrogens (tertiary/aromatic N) is 2. The minimum Gasteiger partial charge on any atom is -0.394 e. The minimum atomic E-state index is -0.688. The zero-order valence-electron chi connectivity index (χ0n) is 18.8. The number of aliphatic hydroxyl groups excluding tert-OH is 1. The van der Waals surface area contributed by atoms with Gasteiger partial charge in [-0.1, -0.05) is 12.1 Å². The fourth-order valence-electron chi connectivity index (χ4n) is 3.71. The Bertz CT molecular complexity index is 1280. The third-order valence-corrected chi connectivity index (χ3v) is 6.57. The van der Waals surface area contributed by atoms with Gasteiger partial charge in [0.1, 0.15) is 22.7 Å². The monoisotopic (exact) mass is 495 g/mol. The third kappa shape index (κ3) is 5.76. The van der Waals surface area contributed by atoms with Crippen LogP contribution in [0.1, 0.15) is 16.1 Å². The van der Waals surface area contributed by atoms with E-state index in [0.29, 0.717) is 27.6 Å². The molecule has 0 bridgehead atoms. The highest BCUT2D eigenvalue weighted by Gasteiger charge is 2.26. The molecule has 0 aliphatic carbocycles. The van der Waals surface area contributed by atoms with Gasteiger partial charge < -0.3 is 15.2 Å². The molecule has 2 aromatic heterocycles. The maximum atomic E-state index is 15.0. The minimum absolute atomic E-state index is 0.116. The largest absolute Gasteiger partial charge is 0.394 e. The SMILES string of the molecule is CO[C@H](CO)[C@@H](Cc1ccccn1)NC(=O)c1cccc(F)c1-c1cnc(-c2ccc(F)cc2)s1. The predicted octanol–water partition coefficient (Wildman–Crippen LogP) is 4.50. The molecule has 1 amide bonds. The van der Waals surface area contributed by atoms with Gasteiger partial charge >= 0.3 is 0 Å². The van der Waals surface area contributed by atoms with Crippen molar-refractivity contribution in [1.29, 1.82) is 0 Å². The second kappa shape index (κ2) is 11.3. The molecule has 0 fully saturated rings. The molecular formula is C26H23F2N3O3S. The van der Waals surface area contributed by atoms with E-state index in [4.69, 9.17) is 4.74 Å². The predicted molar refractivity (Wildman–Crippen MR) is 130 cm³/mol. The van der Waals surface area contributed by atoms with Gasteiger partial charge in [-0.2, -0.15) is 0 Å². The van der Waals surface area contributed by atoms with Crippen molar-refractivity contribution in [2.75, 3.05) is 13.7 Å². The van der Waals surface area contributed by atoms with Crippen LogP contribution in [-0.2, 0) is 11.2 Å². The molecule has 0 saturated carbocycles. The van der Waals surface area contributed by atoms with Gasteiger partial charge in [0.15, 0.2) is 0 Å². The van der Waals surface area contributed by atoms with Crippen LogP contribution in [0.4, 0.5) is 8.78 Å². The zero-order valence-corrected chi connectivity index (χ0v) is 19.6. The maximum Gasteiger partial charge on any atom is 0.252 e. The molecule has 0 radical (unpaired) electrons. The summed E-state index contributed by atoms with van der Waals surface area (Å²) in [7, 11) is 1.44. The van der Waals surface area contributed by atoms with Crippen LogP contribution in [0.25, 0.3) is 21.0 Å². The van der Waals surface area contributed by atoms with Crippen LogP contribution in [0, 0.1) is 11.6 Å². The van der Waals surface area contributed by atoms with Crippen LogP contribution in [0.2, 0.25) is 0 Å². The van der Waals surface area contributed by atoms with E-state index in [-0.39, 0.29) is 23.6 Å². The third-order valence-electron chi connectivity index (χ3n) is 5.50. The van der Waals surface area contributed by atoms with E-state index < -0.39 is 23.9 Å². The zero-order chi connectivity index (χ0) is 24.8. The van der Waals surface area contributed by atoms with Crippen LogP contribution < -0.4 is 5.32 Å². The Morgan fingerprint density at radius 1 is 1.09 bits per heavy atom. The van der Waals surface area contributed by atoms with Crippen molar-refractivity contribution in [2.45, 2.75) is 18.6 Å². The Morgan fingerprint density at radius 3 is 2.57 bits per heavy atom. The van der Waals surface area contributed by atoms with E-state index in [1.807, 2.05) is 12.1 Å². The molecule has 0 spiro atoms. The summed E-state index contributed by atoms with van der Waals surface area (Å²) in [6.07, 6.45) is 2.76. The first-order valence-corrected chi connectivity index (χ1v) is 11.7. The van der Waals surface area contributed by atoms with Crippen molar-refractivity contribution >= 4 is 17.2 Å². The van der Waals surface area contributed by atoms with Crippen LogP contribution in [-0.4, -0.2) is 46.8 Å². The van der Waals surface area contributed by atoms with Crippen LogP contribution in [0.5, 0.6) is 0 Å². The molecule has 180 valence electrons. The lowest BCUT2D eigenvalue weighted by atomic mass is 10.0. The Morgan fingerprint density at radius 2 is 1.89 bits per heavy atom. The smallest absolute Gasteiger partial charge is 0.252 e. The molecule has 4 rings (SSSR count). The van der Waals surface area contributed by atoms with Gasteiger partial charge in [0.2, 0.25) is 0 Å². The highest BCUT2D eigenvalue weighted by atomic mass is 32.1. The van der Waals surface area contributed by atoms with Gasteiger partial charge in [-0.15, -0.1) is 11.3 Å². The summed E-state index contributed by atoms with van der Waals surface area (Å²) in [5.74, 6) is -1.46. The standard InChI is InChI=1S/C26H23F2N3O3S/c1-34-22(15-32)21(13-18-5-2-3-12-29-18)31-25(33)19-6-4-7-20(28)24(19)23-14-30-26(35-23)16-8-10-17(27)11-9-16/h2-12,14,21-22,32H,13,15H2,1H3,(H,31,33)/t21-,22-/m1/s1. The Hall–Kier alpha value is -3.53. The van der Waals surface area contributed by atoms with Gasteiger partial charge in [-0.05, 0) is 48.5 Å². The van der Waals surface area contributed by atoms with Gasteiger partial charge in [0, 0.05) is 42.7 Å². The average molecular weight is 496 g/mol. The number of benzene rings is 2. The van der Waals surface area contributed by atoms with Crippen LogP contribution >= 0.6 is 11.3 Å². The number of aromatic nitrogens is 2. The van der Waals surface area contributed by atoms with Crippen molar-refractivity contribution in [3.05, 3.63) is 95.9 Å². The van der Waals surface area contributed by atoms with Crippen molar-refractivity contribution in [2.24, 2.45) is 0 Å². The van der Waals surface area contributed by atoms with E-state index in [2.05, 4.69) is 15.3 Å². The van der Waals surface area contributed by atoms with E-state index in [9.17, 15) is 14.3 Å². The van der Waals surface area contributed by atoms with Crippen molar-refractivity contribution < 1.29 is 23.4 Å². The summed E-state index contributed by atoms with van der Waals surface area (Å²) in [6.45, 7) is -0.319. The number of pyridine rings is 1. The number of hydrogen-bond donors (Lipinski definition) is 2. The van der Waals surface area contributed by atoms with Crippen molar-refractivity contribution in [3.63, 3.8) is 0 Å².